The van der Waals surface area contributed by atoms with Crippen molar-refractivity contribution in [3.63, 3.8) is 0 Å². The van der Waals surface area contributed by atoms with Gasteiger partial charge in [0.15, 0.2) is 0 Å². The summed E-state index contributed by atoms with van der Waals surface area (Å²) in [6.07, 6.45) is 13.2. The molecule has 0 spiro atoms. The molecule has 0 amide bonds. The fraction of sp³-hybridized carbons (Fsp3) is 0.727. The van der Waals surface area contributed by atoms with Gasteiger partial charge < -0.3 is 5.21 Å². The Hall–Kier alpha value is -0.790. The minimum Gasteiger partial charge on any atom is -0.411 e. The maximum absolute atomic E-state index is 8.13. The molecule has 0 saturated heterocycles. The highest BCUT2D eigenvalue weighted by atomic mass is 16.4. The monoisotopic (exact) mass is 183 g/mol. The molecule has 0 saturated carbocycles. The van der Waals surface area contributed by atoms with Gasteiger partial charge in [-0.15, -0.1) is 11.7 Å². The van der Waals surface area contributed by atoms with Crippen LogP contribution in [0.15, 0.2) is 17.8 Å². The fourth-order valence-electron chi connectivity index (χ4n) is 1.29. The standard InChI is InChI=1S/C11H21NO/c1-2-3-4-5-6-7-8-9-10-11-12-13/h2,11,13H,1,3-10H2/b12-11+. The Bertz CT molecular complexity index is 132. The van der Waals surface area contributed by atoms with Crippen molar-refractivity contribution in [2.45, 2.75) is 51.4 Å². The van der Waals surface area contributed by atoms with Gasteiger partial charge in [0.05, 0.1) is 0 Å². The smallest absolute Gasteiger partial charge is 0.0435 e. The molecule has 76 valence electrons. The number of hydrogen-bond donors (Lipinski definition) is 1. The van der Waals surface area contributed by atoms with E-state index in [1.165, 1.54) is 32.1 Å². The van der Waals surface area contributed by atoms with Gasteiger partial charge in [-0.25, -0.2) is 0 Å². The summed E-state index contributed by atoms with van der Waals surface area (Å²) >= 11 is 0. The molecule has 0 aliphatic rings. The van der Waals surface area contributed by atoms with E-state index in [1.54, 1.807) is 6.21 Å². The molecule has 1 N–H and O–H groups in total. The minimum atomic E-state index is 0.906. The van der Waals surface area contributed by atoms with Crippen LogP contribution in [0.25, 0.3) is 0 Å². The second-order valence-corrected chi connectivity index (χ2v) is 3.29. The van der Waals surface area contributed by atoms with E-state index in [1.807, 2.05) is 6.08 Å². The first-order valence-corrected chi connectivity index (χ1v) is 5.18. The Morgan fingerprint density at radius 1 is 0.923 bits per heavy atom. The molecule has 0 aromatic carbocycles. The average molecular weight is 183 g/mol. The number of nitrogens with zero attached hydrogens (tertiary/aromatic N) is 1. The van der Waals surface area contributed by atoms with E-state index in [2.05, 4.69) is 11.7 Å². The van der Waals surface area contributed by atoms with Gasteiger partial charge in [-0.3, -0.25) is 0 Å². The second-order valence-electron chi connectivity index (χ2n) is 3.29. The summed E-state index contributed by atoms with van der Waals surface area (Å²) in [7, 11) is 0. The zero-order chi connectivity index (χ0) is 9.78. The van der Waals surface area contributed by atoms with Crippen LogP contribution in [0.5, 0.6) is 0 Å². The molecule has 0 aliphatic carbocycles. The molecule has 0 aromatic heterocycles. The van der Waals surface area contributed by atoms with Crippen LogP contribution in [0.2, 0.25) is 0 Å². The van der Waals surface area contributed by atoms with Gasteiger partial charge in [0.25, 0.3) is 0 Å². The molecule has 2 heteroatoms. The molecule has 0 fully saturated rings. The Labute approximate surface area is 81.3 Å². The van der Waals surface area contributed by atoms with Crippen LogP contribution in [-0.4, -0.2) is 11.4 Å². The largest absolute Gasteiger partial charge is 0.411 e. The molecule has 0 unspecified atom stereocenters. The van der Waals surface area contributed by atoms with Gasteiger partial charge in [-0.1, -0.05) is 31.8 Å². The van der Waals surface area contributed by atoms with Crippen LogP contribution in [-0.2, 0) is 0 Å². The Morgan fingerprint density at radius 2 is 1.46 bits per heavy atom. The van der Waals surface area contributed by atoms with Crippen LogP contribution in [0.1, 0.15) is 51.4 Å². The van der Waals surface area contributed by atoms with Gasteiger partial charge >= 0.3 is 0 Å². The molecule has 0 aliphatic heterocycles. The van der Waals surface area contributed by atoms with Gasteiger partial charge in [-0.05, 0) is 25.7 Å². The van der Waals surface area contributed by atoms with Crippen LogP contribution < -0.4 is 0 Å². The third-order valence-corrected chi connectivity index (χ3v) is 2.07. The van der Waals surface area contributed by atoms with E-state index in [0.29, 0.717) is 0 Å². The second kappa shape index (κ2) is 11.2. The molecule has 0 rings (SSSR count). The molecular weight excluding hydrogens is 162 g/mol. The summed E-state index contributed by atoms with van der Waals surface area (Å²) in [5, 5.41) is 11.1. The highest BCUT2D eigenvalue weighted by molar-refractivity contribution is 5.55. The Kier molecular flexibility index (Phi) is 10.5. The zero-order valence-electron chi connectivity index (χ0n) is 8.41. The van der Waals surface area contributed by atoms with Crippen LogP contribution in [0, 0.1) is 0 Å². The van der Waals surface area contributed by atoms with Crippen molar-refractivity contribution < 1.29 is 5.21 Å². The van der Waals surface area contributed by atoms with E-state index >= 15 is 0 Å². The number of allylic oxidation sites excluding steroid dienone is 1. The zero-order valence-corrected chi connectivity index (χ0v) is 8.41. The van der Waals surface area contributed by atoms with Crippen molar-refractivity contribution in [3.05, 3.63) is 12.7 Å². The van der Waals surface area contributed by atoms with Gasteiger partial charge in [0.1, 0.15) is 0 Å². The number of rotatable bonds is 9. The Balaban J connectivity index is 2.87. The summed E-state index contributed by atoms with van der Waals surface area (Å²) in [5.74, 6) is 0. The number of hydrogen-bond acceptors (Lipinski definition) is 2. The maximum Gasteiger partial charge on any atom is 0.0435 e. The van der Waals surface area contributed by atoms with Crippen molar-refractivity contribution >= 4 is 6.21 Å². The van der Waals surface area contributed by atoms with Gasteiger partial charge in [0, 0.05) is 6.21 Å². The summed E-state index contributed by atoms with van der Waals surface area (Å²) < 4.78 is 0. The van der Waals surface area contributed by atoms with E-state index in [0.717, 1.165) is 19.3 Å². The SMILES string of the molecule is C=CCCCCCCCC/C=N/O. The summed E-state index contributed by atoms with van der Waals surface area (Å²) in [6.45, 7) is 3.69. The first kappa shape index (κ1) is 12.2. The molecule has 0 aromatic rings. The van der Waals surface area contributed by atoms with Crippen molar-refractivity contribution in [1.82, 2.24) is 0 Å². The summed E-state index contributed by atoms with van der Waals surface area (Å²) in [5.41, 5.74) is 0. The Morgan fingerprint density at radius 3 is 2.00 bits per heavy atom. The fourth-order valence-corrected chi connectivity index (χ4v) is 1.29. The molecular formula is C11H21NO. The lowest BCUT2D eigenvalue weighted by Crippen LogP contribution is -1.81. The number of oxime groups is 1. The highest BCUT2D eigenvalue weighted by Gasteiger charge is 1.89. The minimum absolute atomic E-state index is 0.906. The molecule has 0 atom stereocenters. The van der Waals surface area contributed by atoms with E-state index in [4.69, 9.17) is 5.21 Å². The number of unbranched alkanes of at least 4 members (excludes halogenated alkanes) is 7. The highest BCUT2D eigenvalue weighted by Crippen LogP contribution is 2.07. The predicted octanol–water partition coefficient (Wildman–Crippen LogP) is 3.75. The lowest BCUT2D eigenvalue weighted by molar-refractivity contribution is 0.320. The van der Waals surface area contributed by atoms with Crippen molar-refractivity contribution in [2.24, 2.45) is 5.16 Å². The average Bonchev–Trinajstić information content (AvgIpc) is 2.16. The topological polar surface area (TPSA) is 32.6 Å². The summed E-state index contributed by atoms with van der Waals surface area (Å²) in [6, 6.07) is 0. The first-order valence-electron chi connectivity index (χ1n) is 5.18. The summed E-state index contributed by atoms with van der Waals surface area (Å²) in [4.78, 5) is 0. The first-order chi connectivity index (χ1) is 6.41. The van der Waals surface area contributed by atoms with Crippen LogP contribution in [0.3, 0.4) is 0 Å². The third-order valence-electron chi connectivity index (χ3n) is 2.07. The van der Waals surface area contributed by atoms with Gasteiger partial charge in [0.2, 0.25) is 0 Å². The maximum atomic E-state index is 8.13. The van der Waals surface area contributed by atoms with E-state index < -0.39 is 0 Å². The van der Waals surface area contributed by atoms with E-state index in [9.17, 15) is 0 Å². The van der Waals surface area contributed by atoms with Gasteiger partial charge in [-0.2, -0.15) is 0 Å². The molecule has 13 heavy (non-hydrogen) atoms. The van der Waals surface area contributed by atoms with Crippen molar-refractivity contribution in [3.8, 4) is 0 Å². The lowest BCUT2D eigenvalue weighted by atomic mass is 10.1. The predicted molar refractivity (Wildman–Crippen MR) is 57.4 cm³/mol. The quantitative estimate of drug-likeness (QED) is 0.191. The van der Waals surface area contributed by atoms with Crippen LogP contribution in [0.4, 0.5) is 0 Å². The normalized spacial score (nSPS) is 10.8. The van der Waals surface area contributed by atoms with Crippen molar-refractivity contribution in [2.75, 3.05) is 0 Å². The molecule has 2 nitrogen and oxygen atoms in total. The van der Waals surface area contributed by atoms with Crippen molar-refractivity contribution in [1.29, 1.82) is 0 Å². The lowest BCUT2D eigenvalue weighted by Gasteiger charge is -1.98. The molecule has 0 bridgehead atoms. The van der Waals surface area contributed by atoms with Crippen LogP contribution >= 0.6 is 0 Å². The van der Waals surface area contributed by atoms with E-state index in [-0.39, 0.29) is 0 Å². The molecule has 0 heterocycles. The third kappa shape index (κ3) is 11.2. The molecule has 0 radical (unpaired) electrons.